The standard InChI is InChI=1S/C24H34N6/c1-10-19-26-27-22-20(21(23(4,5)6)28-30(19)22)25-17-12-16-15(3)13-24(7,8)29(9)18(16)11-14(17)2/h11-12,15H,10,13H2,1-9H3. The predicted molar refractivity (Wildman–Crippen MR) is 125 cm³/mol. The van der Waals surface area contributed by atoms with Crippen molar-refractivity contribution >= 4 is 22.8 Å². The van der Waals surface area contributed by atoms with E-state index < -0.39 is 0 Å². The van der Waals surface area contributed by atoms with E-state index in [0.717, 1.165) is 41.6 Å². The Labute approximate surface area is 180 Å². The highest BCUT2D eigenvalue weighted by atomic mass is 15.5. The van der Waals surface area contributed by atoms with Gasteiger partial charge < -0.3 is 4.90 Å². The van der Waals surface area contributed by atoms with Crippen LogP contribution >= 0.6 is 0 Å². The molecule has 1 aromatic carbocycles. The zero-order chi connectivity index (χ0) is 22.0. The minimum Gasteiger partial charge on any atom is -0.369 e. The molecule has 1 unspecified atom stereocenters. The lowest BCUT2D eigenvalue weighted by molar-refractivity contribution is 0.395. The first-order chi connectivity index (χ1) is 13.9. The molecule has 6 nitrogen and oxygen atoms in total. The van der Waals surface area contributed by atoms with Crippen molar-refractivity contribution in [2.45, 2.75) is 79.7 Å². The predicted octanol–water partition coefficient (Wildman–Crippen LogP) is 5.26. The molecule has 4 rings (SSSR count). The van der Waals surface area contributed by atoms with Crippen molar-refractivity contribution in [2.75, 3.05) is 11.9 Å². The van der Waals surface area contributed by atoms with Crippen LogP contribution < -0.4 is 4.90 Å². The van der Waals surface area contributed by atoms with Crippen molar-refractivity contribution in [3.05, 3.63) is 34.9 Å². The van der Waals surface area contributed by atoms with Crippen LogP contribution in [0.3, 0.4) is 0 Å². The normalized spacial score (nSPS) is 21.6. The second-order valence-corrected chi connectivity index (χ2v) is 10.4. The van der Waals surface area contributed by atoms with Gasteiger partial charge in [0.2, 0.25) is 5.82 Å². The minimum atomic E-state index is -0.135. The summed E-state index contributed by atoms with van der Waals surface area (Å²) in [5.74, 6) is 2.11. The molecule has 160 valence electrons. The summed E-state index contributed by atoms with van der Waals surface area (Å²) in [7, 11) is 2.20. The van der Waals surface area contributed by atoms with E-state index in [-0.39, 0.29) is 11.0 Å². The Morgan fingerprint density at radius 1 is 1.20 bits per heavy atom. The number of aryl methyl sites for hydroxylation is 2. The summed E-state index contributed by atoms with van der Waals surface area (Å²) in [6.45, 7) is 17.7. The fourth-order valence-corrected chi connectivity index (χ4v) is 4.59. The fourth-order valence-electron chi connectivity index (χ4n) is 4.59. The molecule has 0 saturated heterocycles. The quantitative estimate of drug-likeness (QED) is 0.684. The van der Waals surface area contributed by atoms with Gasteiger partial charge in [-0.25, -0.2) is 4.99 Å². The molecule has 0 N–H and O–H groups in total. The van der Waals surface area contributed by atoms with Crippen LogP contribution in [0.15, 0.2) is 22.2 Å². The number of rotatable bonds is 2. The molecule has 1 aromatic heterocycles. The van der Waals surface area contributed by atoms with Gasteiger partial charge in [0.05, 0.1) is 11.4 Å². The summed E-state index contributed by atoms with van der Waals surface area (Å²) >= 11 is 0. The molecule has 0 radical (unpaired) electrons. The molecule has 2 aliphatic heterocycles. The average molecular weight is 407 g/mol. The molecule has 6 heteroatoms. The lowest BCUT2D eigenvalue weighted by Crippen LogP contribution is -2.45. The van der Waals surface area contributed by atoms with Crippen molar-refractivity contribution in [3.63, 3.8) is 0 Å². The summed E-state index contributed by atoms with van der Waals surface area (Å²) in [5, 5.41) is 13.6. The van der Waals surface area contributed by atoms with E-state index in [1.54, 1.807) is 0 Å². The van der Waals surface area contributed by atoms with Crippen LogP contribution in [-0.4, -0.2) is 38.9 Å². The maximum absolute atomic E-state index is 5.14. The van der Waals surface area contributed by atoms with Crippen molar-refractivity contribution in [2.24, 2.45) is 15.5 Å². The van der Waals surface area contributed by atoms with E-state index in [1.165, 1.54) is 16.8 Å². The molecule has 2 aliphatic rings. The zero-order valence-corrected chi connectivity index (χ0v) is 19.8. The zero-order valence-electron chi connectivity index (χ0n) is 19.8. The first-order valence-corrected chi connectivity index (χ1v) is 11.0. The monoisotopic (exact) mass is 406 g/mol. The SMILES string of the molecule is CCc1nnc2n1N=C(C(C)(C)C)C2=Nc1cc2c(cc1C)N(C)C(C)(C)CC2C. The third-order valence-electron chi connectivity index (χ3n) is 6.55. The van der Waals surface area contributed by atoms with Crippen LogP contribution in [0.5, 0.6) is 0 Å². The van der Waals surface area contributed by atoms with Gasteiger partial charge in [0.25, 0.3) is 0 Å². The van der Waals surface area contributed by atoms with Crippen LogP contribution in [0.2, 0.25) is 0 Å². The molecule has 30 heavy (non-hydrogen) atoms. The molecule has 3 heterocycles. The summed E-state index contributed by atoms with van der Waals surface area (Å²) in [6, 6.07) is 4.56. The van der Waals surface area contributed by atoms with E-state index in [4.69, 9.17) is 10.1 Å². The van der Waals surface area contributed by atoms with E-state index in [0.29, 0.717) is 5.92 Å². The fraction of sp³-hybridized carbons (Fsp3) is 0.583. The third kappa shape index (κ3) is 3.17. The Hall–Kier alpha value is -2.50. The van der Waals surface area contributed by atoms with Crippen LogP contribution in [0, 0.1) is 12.3 Å². The lowest BCUT2D eigenvalue weighted by atomic mass is 9.80. The van der Waals surface area contributed by atoms with Gasteiger partial charge in [0.1, 0.15) is 5.71 Å². The van der Waals surface area contributed by atoms with Crippen LogP contribution in [0.25, 0.3) is 0 Å². The van der Waals surface area contributed by atoms with Gasteiger partial charge in [-0.05, 0) is 56.4 Å². The van der Waals surface area contributed by atoms with Crippen molar-refractivity contribution in [1.29, 1.82) is 0 Å². The van der Waals surface area contributed by atoms with Gasteiger partial charge in [-0.2, -0.15) is 9.78 Å². The van der Waals surface area contributed by atoms with Crippen LogP contribution in [0.4, 0.5) is 11.4 Å². The smallest absolute Gasteiger partial charge is 0.205 e. The summed E-state index contributed by atoms with van der Waals surface area (Å²) in [5.41, 5.74) is 6.66. The lowest BCUT2D eigenvalue weighted by Gasteiger charge is -2.45. The number of hydrogen-bond donors (Lipinski definition) is 0. The number of aliphatic imine (C=N–C) groups is 1. The van der Waals surface area contributed by atoms with Gasteiger partial charge in [-0.1, -0.05) is 34.6 Å². The number of anilines is 1. The van der Waals surface area contributed by atoms with E-state index >= 15 is 0 Å². The average Bonchev–Trinajstić information content (AvgIpc) is 3.20. The molecule has 0 saturated carbocycles. The maximum atomic E-state index is 5.14. The number of nitrogens with zero attached hydrogens (tertiary/aromatic N) is 6. The molecule has 0 spiro atoms. The van der Waals surface area contributed by atoms with Gasteiger partial charge >= 0.3 is 0 Å². The Kier molecular flexibility index (Phi) is 4.68. The molecule has 2 aromatic rings. The number of benzene rings is 1. The van der Waals surface area contributed by atoms with Gasteiger partial charge in [0.15, 0.2) is 5.82 Å². The number of fused-ring (bicyclic) bond motifs is 2. The molecule has 1 atom stereocenters. The highest BCUT2D eigenvalue weighted by molar-refractivity contribution is 6.50. The first kappa shape index (κ1) is 20.8. The van der Waals surface area contributed by atoms with E-state index in [1.807, 2.05) is 4.68 Å². The second-order valence-electron chi connectivity index (χ2n) is 10.4. The Balaban J connectivity index is 1.87. The second kappa shape index (κ2) is 6.76. The van der Waals surface area contributed by atoms with E-state index in [2.05, 4.69) is 89.7 Å². The summed E-state index contributed by atoms with van der Waals surface area (Å²) in [6.07, 6.45) is 1.91. The van der Waals surface area contributed by atoms with Crippen LogP contribution in [0.1, 0.15) is 83.6 Å². The molecular weight excluding hydrogens is 372 g/mol. The molecule has 0 aliphatic carbocycles. The van der Waals surface area contributed by atoms with Crippen molar-refractivity contribution < 1.29 is 0 Å². The molecule has 0 bridgehead atoms. The molecular formula is C24H34N6. The summed E-state index contributed by atoms with van der Waals surface area (Å²) < 4.78 is 1.87. The number of hydrogen-bond acceptors (Lipinski definition) is 5. The topological polar surface area (TPSA) is 58.7 Å². The Bertz CT molecular complexity index is 1060. The Morgan fingerprint density at radius 2 is 1.90 bits per heavy atom. The molecule has 0 amide bonds. The number of aromatic nitrogens is 3. The van der Waals surface area contributed by atoms with E-state index in [9.17, 15) is 0 Å². The van der Waals surface area contributed by atoms with Crippen molar-refractivity contribution in [1.82, 2.24) is 14.9 Å². The van der Waals surface area contributed by atoms with Gasteiger partial charge in [0, 0.05) is 30.1 Å². The minimum absolute atomic E-state index is 0.135. The van der Waals surface area contributed by atoms with Crippen LogP contribution in [-0.2, 0) is 6.42 Å². The highest BCUT2D eigenvalue weighted by Crippen LogP contribution is 2.45. The maximum Gasteiger partial charge on any atom is 0.205 e. The largest absolute Gasteiger partial charge is 0.369 e. The molecule has 0 fully saturated rings. The Morgan fingerprint density at radius 3 is 2.53 bits per heavy atom. The highest BCUT2D eigenvalue weighted by Gasteiger charge is 2.36. The first-order valence-electron chi connectivity index (χ1n) is 11.0. The van der Waals surface area contributed by atoms with Gasteiger partial charge in [-0.3, -0.25) is 0 Å². The van der Waals surface area contributed by atoms with Gasteiger partial charge in [-0.15, -0.1) is 10.2 Å². The third-order valence-corrected chi connectivity index (χ3v) is 6.55. The summed E-state index contributed by atoms with van der Waals surface area (Å²) in [4.78, 5) is 7.55. The van der Waals surface area contributed by atoms with Crippen molar-refractivity contribution in [3.8, 4) is 0 Å².